The summed E-state index contributed by atoms with van der Waals surface area (Å²) < 4.78 is 11.8. The minimum absolute atomic E-state index is 0.000491. The van der Waals surface area contributed by atoms with Gasteiger partial charge in [-0.05, 0) is 118 Å². The zero-order valence-electron chi connectivity index (χ0n) is 30.9. The molecule has 0 radical (unpaired) electrons. The number of alkyl halides is 1. The van der Waals surface area contributed by atoms with E-state index in [2.05, 4.69) is 48.4 Å². The van der Waals surface area contributed by atoms with Gasteiger partial charge in [0.1, 0.15) is 5.67 Å². The molecule has 3 N–H and O–H groups in total. The molecule has 1 unspecified atom stereocenters. The molecule has 0 saturated carbocycles. The quantitative estimate of drug-likeness (QED) is 0.328. The highest BCUT2D eigenvalue weighted by molar-refractivity contribution is 6.41. The number of carbonyl (C=O) groups is 3. The van der Waals surface area contributed by atoms with Crippen LogP contribution in [0.5, 0.6) is 0 Å². The average molecular weight is 705 g/mol. The van der Waals surface area contributed by atoms with Crippen molar-refractivity contribution in [2.45, 2.75) is 110 Å². The number of fused-ring (bicyclic) bond motifs is 2. The zero-order chi connectivity index (χ0) is 36.9. The van der Waals surface area contributed by atoms with Gasteiger partial charge >= 0.3 is 0 Å². The van der Waals surface area contributed by atoms with Crippen molar-refractivity contribution in [1.82, 2.24) is 15.2 Å². The van der Waals surface area contributed by atoms with Crippen LogP contribution in [0.4, 0.5) is 15.8 Å². The Hall–Kier alpha value is -3.54. The van der Waals surface area contributed by atoms with Crippen LogP contribution >= 0.6 is 0 Å². The molecule has 1 aliphatic carbocycles. The van der Waals surface area contributed by atoms with Crippen LogP contribution in [0.15, 0.2) is 35.3 Å². The summed E-state index contributed by atoms with van der Waals surface area (Å²) in [4.78, 5) is 48.5. The fourth-order valence-corrected chi connectivity index (χ4v) is 7.37. The molecular weight excluding hydrogens is 649 g/mol. The number of aryl methyl sites for hydroxylation is 1. The lowest BCUT2D eigenvalue weighted by Gasteiger charge is -2.34. The first-order valence-corrected chi connectivity index (χ1v) is 18.6. The van der Waals surface area contributed by atoms with Crippen molar-refractivity contribution in [3.63, 3.8) is 0 Å². The lowest BCUT2D eigenvalue weighted by molar-refractivity contribution is -0.317. The number of likely N-dealkylation sites (tertiary alicyclic amines) is 1. The first-order valence-electron chi connectivity index (χ1n) is 18.6. The summed E-state index contributed by atoms with van der Waals surface area (Å²) in [7, 11) is 0. The maximum absolute atomic E-state index is 13.9. The molecule has 2 fully saturated rings. The number of nitrogens with zero attached hydrogens (tertiary/aromatic N) is 3. The number of hydrogen-bond donors (Lipinski definition) is 3. The van der Waals surface area contributed by atoms with Crippen molar-refractivity contribution in [2.24, 2.45) is 22.2 Å². The number of aromatic nitrogens is 1. The third-order valence-electron chi connectivity index (χ3n) is 10.9. The number of aliphatic imine (C=N–C) groups is 1. The van der Waals surface area contributed by atoms with Gasteiger partial charge < -0.3 is 30.5 Å². The lowest BCUT2D eigenvalue weighted by Crippen LogP contribution is -2.39. The number of piperidine rings is 1. The van der Waals surface area contributed by atoms with Crippen LogP contribution in [0.3, 0.4) is 0 Å². The molecule has 2 aromatic rings. The Kier molecular flexibility index (Phi) is 12.5. The highest BCUT2D eigenvalue weighted by Gasteiger charge is 2.32. The minimum atomic E-state index is -2.19. The molecule has 3 atom stereocenters. The Morgan fingerprint density at radius 2 is 1.80 bits per heavy atom. The SMILES string of the molecule is CC(C)(C)[C@H]1CCc2nc3c(cc2C1)N=C(C(=O)C[C@H](CCN1CCC(O)CC1)c1cccc(NC(=O)C2CCNC2)c1)C3.CC(C)(F)C(=O)[O-]. The van der Waals surface area contributed by atoms with Gasteiger partial charge in [-0.25, -0.2) is 9.38 Å². The second kappa shape index (κ2) is 16.4. The van der Waals surface area contributed by atoms with E-state index in [1.807, 2.05) is 18.2 Å². The second-order valence-corrected chi connectivity index (χ2v) is 16.4. The van der Waals surface area contributed by atoms with Gasteiger partial charge in [0.05, 0.1) is 35.1 Å². The molecule has 10 nitrogen and oxygen atoms in total. The number of aliphatic hydroxyl groups excluding tert-OH is 1. The maximum atomic E-state index is 13.9. The highest BCUT2D eigenvalue weighted by atomic mass is 19.1. The number of halogens is 1. The number of nitrogens with one attached hydrogen (secondary N) is 2. The van der Waals surface area contributed by atoms with Gasteiger partial charge in [-0.3, -0.25) is 14.6 Å². The zero-order valence-corrected chi connectivity index (χ0v) is 30.9. The molecule has 1 amide bonds. The van der Waals surface area contributed by atoms with Gasteiger partial charge in [0.15, 0.2) is 5.78 Å². The third kappa shape index (κ3) is 10.5. The molecule has 1 aromatic heterocycles. The fraction of sp³-hybridized carbons (Fsp3) is 0.625. The fourth-order valence-electron chi connectivity index (χ4n) is 7.37. The summed E-state index contributed by atoms with van der Waals surface area (Å²) in [5.74, 6) is -0.924. The van der Waals surface area contributed by atoms with Crippen LogP contribution in [0.25, 0.3) is 0 Å². The number of aliphatic hydroxyl groups is 1. The molecule has 51 heavy (non-hydrogen) atoms. The van der Waals surface area contributed by atoms with Gasteiger partial charge in [-0.2, -0.15) is 0 Å². The Labute approximate surface area is 301 Å². The number of anilines is 1. The molecule has 0 bridgehead atoms. The normalized spacial score (nSPS) is 21.5. The van der Waals surface area contributed by atoms with Crippen molar-refractivity contribution in [3.8, 4) is 0 Å². The number of carboxylic acids is 1. The third-order valence-corrected chi connectivity index (χ3v) is 10.9. The van der Waals surface area contributed by atoms with E-state index in [4.69, 9.17) is 9.98 Å². The van der Waals surface area contributed by atoms with E-state index in [1.165, 1.54) is 11.3 Å². The number of carbonyl (C=O) groups excluding carboxylic acids is 3. The minimum Gasteiger partial charge on any atom is -0.547 e. The second-order valence-electron chi connectivity index (χ2n) is 16.4. The summed E-state index contributed by atoms with van der Waals surface area (Å²) in [5.41, 5.74) is 4.83. The summed E-state index contributed by atoms with van der Waals surface area (Å²) in [5, 5.41) is 25.9. The van der Waals surface area contributed by atoms with Crippen LogP contribution in [0.2, 0.25) is 0 Å². The van der Waals surface area contributed by atoms with E-state index in [1.54, 1.807) is 0 Å². The predicted molar refractivity (Wildman–Crippen MR) is 195 cm³/mol. The Bertz CT molecular complexity index is 1600. The summed E-state index contributed by atoms with van der Waals surface area (Å²) in [6.45, 7) is 13.0. The summed E-state index contributed by atoms with van der Waals surface area (Å²) in [6.07, 6.45) is 7.12. The summed E-state index contributed by atoms with van der Waals surface area (Å²) in [6, 6.07) is 10.2. The molecular formula is C40H55FN5O5-. The van der Waals surface area contributed by atoms with Crippen LogP contribution < -0.4 is 15.7 Å². The van der Waals surface area contributed by atoms with Crippen LogP contribution in [0, 0.1) is 17.3 Å². The number of rotatable bonds is 10. The maximum Gasteiger partial charge on any atom is 0.228 e. The van der Waals surface area contributed by atoms with Gasteiger partial charge in [0, 0.05) is 43.9 Å². The van der Waals surface area contributed by atoms with Crippen molar-refractivity contribution in [3.05, 3.63) is 52.8 Å². The largest absolute Gasteiger partial charge is 0.547 e. The number of hydrogen-bond acceptors (Lipinski definition) is 9. The lowest BCUT2D eigenvalue weighted by atomic mass is 9.71. The van der Waals surface area contributed by atoms with E-state index < -0.39 is 11.6 Å². The van der Waals surface area contributed by atoms with Crippen LogP contribution in [0.1, 0.15) is 102 Å². The average Bonchev–Trinajstić information content (AvgIpc) is 3.76. The molecule has 11 heteroatoms. The molecule has 6 rings (SSSR count). The molecule has 1 aromatic carbocycles. The smallest absolute Gasteiger partial charge is 0.228 e. The van der Waals surface area contributed by atoms with E-state index in [0.29, 0.717) is 31.0 Å². The first-order chi connectivity index (χ1) is 24.1. The number of amides is 1. The van der Waals surface area contributed by atoms with Crippen molar-refractivity contribution < 1.29 is 29.0 Å². The van der Waals surface area contributed by atoms with E-state index in [-0.39, 0.29) is 35.0 Å². The standard InChI is InChI=1S/C36H49N5O3.C4H7FO2/c1-36(2,3)27-7-8-30-26(17-27)19-31-32(39-30)21-33(40-31)34(43)20-24(10-14-41-15-11-29(42)12-16-41)23-5-4-6-28(18-23)38-35(44)25-9-13-37-22-25;1-4(2,5)3(6)7/h4-6,18-19,24-25,27,29,37,42H,7-17,20-22H2,1-3H3,(H,38,44);1-2H3,(H,6,7)/p-1/t24-,25?,27-;/m0./s1. The summed E-state index contributed by atoms with van der Waals surface area (Å²) >= 11 is 0. The van der Waals surface area contributed by atoms with Crippen molar-refractivity contribution in [2.75, 3.05) is 38.0 Å². The van der Waals surface area contributed by atoms with Gasteiger partial charge in [0.2, 0.25) is 5.91 Å². The Balaban J connectivity index is 0.000000654. The van der Waals surface area contributed by atoms with Crippen molar-refractivity contribution >= 4 is 34.7 Å². The van der Waals surface area contributed by atoms with Gasteiger partial charge in [-0.15, -0.1) is 0 Å². The number of carboxylic acid groups (broad SMARTS) is 1. The molecule has 0 spiro atoms. The number of aliphatic carboxylic acids is 1. The Morgan fingerprint density at radius 1 is 1.08 bits per heavy atom. The van der Waals surface area contributed by atoms with E-state index in [0.717, 1.165) is 108 Å². The number of Topliss-reactive ketones (excluding diaryl/α,β-unsaturated/α-hetero) is 1. The molecule has 2 saturated heterocycles. The van der Waals surface area contributed by atoms with Gasteiger partial charge in [-0.1, -0.05) is 32.9 Å². The predicted octanol–water partition coefficient (Wildman–Crippen LogP) is 4.48. The number of ketones is 1. The molecule has 278 valence electrons. The number of pyridine rings is 1. The van der Waals surface area contributed by atoms with Crippen LogP contribution in [-0.2, 0) is 33.6 Å². The topological polar surface area (TPSA) is 147 Å². The van der Waals surface area contributed by atoms with Gasteiger partial charge in [0.25, 0.3) is 0 Å². The monoisotopic (exact) mass is 704 g/mol. The van der Waals surface area contributed by atoms with E-state index >= 15 is 0 Å². The molecule has 4 heterocycles. The van der Waals surface area contributed by atoms with Crippen molar-refractivity contribution in [1.29, 1.82) is 0 Å². The molecule has 3 aliphatic heterocycles. The van der Waals surface area contributed by atoms with Crippen LogP contribution in [-0.4, -0.2) is 82.9 Å². The Morgan fingerprint density at radius 3 is 2.45 bits per heavy atom. The first kappa shape index (κ1) is 38.7. The highest BCUT2D eigenvalue weighted by Crippen LogP contribution is 2.39. The number of benzene rings is 1. The molecule has 4 aliphatic rings. The van der Waals surface area contributed by atoms with E-state index in [9.17, 15) is 29.0 Å².